The highest BCUT2D eigenvalue weighted by atomic mass is 16.1. The van der Waals surface area contributed by atoms with Gasteiger partial charge in [0.25, 0.3) is 0 Å². The molecule has 1 rings (SSSR count). The smallest absolute Gasteiger partial charge is 0.132 e. The molecule has 1 aromatic carbocycles. The second-order valence-electron chi connectivity index (χ2n) is 9.15. The molecule has 0 heterocycles. The lowest BCUT2D eigenvalue weighted by Crippen LogP contribution is -2.02. The first-order valence-electron chi connectivity index (χ1n) is 11.0. The van der Waals surface area contributed by atoms with Gasteiger partial charge in [0, 0.05) is 12.8 Å². The lowest BCUT2D eigenvalue weighted by Gasteiger charge is -2.12. The van der Waals surface area contributed by atoms with Crippen molar-refractivity contribution in [2.24, 2.45) is 17.8 Å². The first kappa shape index (κ1) is 22.9. The SMILES string of the molecule is CC(C)CCCCC(=O)CCCCC(C)Cc1ccc(CC(C)C)cc1. The Morgan fingerprint density at radius 1 is 0.692 bits per heavy atom. The average molecular weight is 359 g/mol. The molecule has 0 bridgehead atoms. The number of benzene rings is 1. The van der Waals surface area contributed by atoms with Crippen molar-refractivity contribution >= 4 is 5.78 Å². The maximum Gasteiger partial charge on any atom is 0.132 e. The van der Waals surface area contributed by atoms with Gasteiger partial charge in [0.1, 0.15) is 5.78 Å². The van der Waals surface area contributed by atoms with Crippen molar-refractivity contribution in [3.05, 3.63) is 35.4 Å². The molecule has 0 saturated heterocycles. The fraction of sp³-hybridized carbons (Fsp3) is 0.720. The molecular formula is C25H42O. The van der Waals surface area contributed by atoms with Gasteiger partial charge in [0.05, 0.1) is 0 Å². The predicted octanol–water partition coefficient (Wildman–Crippen LogP) is 7.41. The van der Waals surface area contributed by atoms with Gasteiger partial charge in [-0.25, -0.2) is 0 Å². The molecule has 0 radical (unpaired) electrons. The molecule has 26 heavy (non-hydrogen) atoms. The van der Waals surface area contributed by atoms with Gasteiger partial charge < -0.3 is 0 Å². The molecular weight excluding hydrogens is 316 g/mol. The summed E-state index contributed by atoms with van der Waals surface area (Å²) in [5, 5.41) is 0. The highest BCUT2D eigenvalue weighted by molar-refractivity contribution is 5.78. The summed E-state index contributed by atoms with van der Waals surface area (Å²) in [6, 6.07) is 9.18. The number of hydrogen-bond donors (Lipinski definition) is 0. The fourth-order valence-electron chi connectivity index (χ4n) is 3.60. The molecule has 0 aliphatic rings. The van der Waals surface area contributed by atoms with Gasteiger partial charge in [0.15, 0.2) is 0 Å². The van der Waals surface area contributed by atoms with Gasteiger partial charge in [-0.1, -0.05) is 84.6 Å². The summed E-state index contributed by atoms with van der Waals surface area (Å²) in [7, 11) is 0. The number of carbonyl (C=O) groups excluding carboxylic acids is 1. The van der Waals surface area contributed by atoms with Crippen LogP contribution in [0.2, 0.25) is 0 Å². The van der Waals surface area contributed by atoms with Crippen molar-refractivity contribution in [2.75, 3.05) is 0 Å². The Bertz CT molecular complexity index is 483. The number of unbranched alkanes of at least 4 members (excludes halogenated alkanes) is 2. The van der Waals surface area contributed by atoms with Crippen molar-refractivity contribution < 1.29 is 4.79 Å². The van der Waals surface area contributed by atoms with Crippen LogP contribution >= 0.6 is 0 Å². The Balaban J connectivity index is 2.12. The maximum absolute atomic E-state index is 11.9. The molecule has 0 N–H and O–H groups in total. The predicted molar refractivity (Wildman–Crippen MR) is 115 cm³/mol. The van der Waals surface area contributed by atoms with E-state index in [2.05, 4.69) is 58.9 Å². The first-order valence-corrected chi connectivity index (χ1v) is 11.0. The molecule has 1 heteroatoms. The third-order valence-electron chi connectivity index (χ3n) is 5.14. The quantitative estimate of drug-likeness (QED) is 0.316. The van der Waals surface area contributed by atoms with Crippen LogP contribution in [-0.4, -0.2) is 5.78 Å². The van der Waals surface area contributed by atoms with Crippen molar-refractivity contribution in [2.45, 2.75) is 98.8 Å². The molecule has 1 atom stereocenters. The third kappa shape index (κ3) is 11.5. The van der Waals surface area contributed by atoms with Crippen LogP contribution in [0.4, 0.5) is 0 Å². The van der Waals surface area contributed by atoms with E-state index >= 15 is 0 Å². The van der Waals surface area contributed by atoms with Crippen LogP contribution in [0.5, 0.6) is 0 Å². The summed E-state index contributed by atoms with van der Waals surface area (Å²) in [4.78, 5) is 11.9. The van der Waals surface area contributed by atoms with Gasteiger partial charge >= 0.3 is 0 Å². The molecule has 1 aromatic rings. The molecule has 0 amide bonds. The monoisotopic (exact) mass is 358 g/mol. The molecule has 0 aliphatic heterocycles. The zero-order valence-corrected chi connectivity index (χ0v) is 18.0. The highest BCUT2D eigenvalue weighted by Gasteiger charge is 2.07. The van der Waals surface area contributed by atoms with E-state index in [1.54, 1.807) is 0 Å². The summed E-state index contributed by atoms with van der Waals surface area (Å²) in [6.07, 6.45) is 10.9. The van der Waals surface area contributed by atoms with Gasteiger partial charge in [0.2, 0.25) is 0 Å². The van der Waals surface area contributed by atoms with Crippen molar-refractivity contribution in [1.82, 2.24) is 0 Å². The number of hydrogen-bond acceptors (Lipinski definition) is 1. The first-order chi connectivity index (χ1) is 12.4. The van der Waals surface area contributed by atoms with E-state index in [0.717, 1.165) is 43.9 Å². The zero-order chi connectivity index (χ0) is 19.4. The number of ketones is 1. The molecule has 1 nitrogen and oxygen atoms in total. The molecule has 148 valence electrons. The molecule has 0 aliphatic carbocycles. The largest absolute Gasteiger partial charge is 0.300 e. The van der Waals surface area contributed by atoms with Crippen molar-refractivity contribution in [3.8, 4) is 0 Å². The van der Waals surface area contributed by atoms with Crippen molar-refractivity contribution in [3.63, 3.8) is 0 Å². The van der Waals surface area contributed by atoms with Crippen LogP contribution in [0, 0.1) is 17.8 Å². The lowest BCUT2D eigenvalue weighted by molar-refractivity contribution is -0.119. The van der Waals surface area contributed by atoms with Crippen LogP contribution in [0.1, 0.15) is 97.1 Å². The van der Waals surface area contributed by atoms with E-state index in [1.165, 1.54) is 43.2 Å². The Hall–Kier alpha value is -1.11. The summed E-state index contributed by atoms with van der Waals surface area (Å²) in [6.45, 7) is 11.4. The Morgan fingerprint density at radius 3 is 1.69 bits per heavy atom. The van der Waals surface area contributed by atoms with E-state index in [4.69, 9.17) is 0 Å². The van der Waals surface area contributed by atoms with Gasteiger partial charge in [-0.2, -0.15) is 0 Å². The minimum absolute atomic E-state index is 0.474. The van der Waals surface area contributed by atoms with E-state index in [9.17, 15) is 4.79 Å². The van der Waals surface area contributed by atoms with E-state index < -0.39 is 0 Å². The van der Waals surface area contributed by atoms with Gasteiger partial charge in [-0.15, -0.1) is 0 Å². The Labute approximate surface area is 163 Å². The molecule has 1 unspecified atom stereocenters. The number of Topliss-reactive ketones (excluding diaryl/α,β-unsaturated/α-hetero) is 1. The van der Waals surface area contributed by atoms with E-state index in [0.29, 0.717) is 11.7 Å². The minimum atomic E-state index is 0.474. The second kappa shape index (κ2) is 13.1. The van der Waals surface area contributed by atoms with Gasteiger partial charge in [-0.05, 0) is 54.6 Å². The summed E-state index contributed by atoms with van der Waals surface area (Å²) in [5.74, 6) is 2.66. The standard InChI is InChI=1S/C25H42O/c1-20(2)10-6-8-12-25(26)13-9-7-11-22(5)19-24-16-14-23(15-17-24)18-21(3)4/h14-17,20-22H,6-13,18-19H2,1-5H3. The van der Waals surface area contributed by atoms with Crippen molar-refractivity contribution in [1.29, 1.82) is 0 Å². The fourth-order valence-corrected chi connectivity index (χ4v) is 3.60. The van der Waals surface area contributed by atoms with Crippen LogP contribution in [0.25, 0.3) is 0 Å². The molecule has 0 saturated carbocycles. The molecule has 0 spiro atoms. The van der Waals surface area contributed by atoms with Crippen LogP contribution in [-0.2, 0) is 17.6 Å². The maximum atomic E-state index is 11.9. The Morgan fingerprint density at radius 2 is 1.19 bits per heavy atom. The zero-order valence-electron chi connectivity index (χ0n) is 18.0. The highest BCUT2D eigenvalue weighted by Crippen LogP contribution is 2.18. The van der Waals surface area contributed by atoms with Gasteiger partial charge in [-0.3, -0.25) is 4.79 Å². The minimum Gasteiger partial charge on any atom is -0.300 e. The lowest BCUT2D eigenvalue weighted by atomic mass is 9.93. The normalized spacial score (nSPS) is 12.7. The van der Waals surface area contributed by atoms with E-state index in [1.807, 2.05) is 0 Å². The van der Waals surface area contributed by atoms with Crippen LogP contribution < -0.4 is 0 Å². The Kier molecular flexibility index (Phi) is 11.6. The second-order valence-corrected chi connectivity index (χ2v) is 9.15. The summed E-state index contributed by atoms with van der Waals surface area (Å²) < 4.78 is 0. The molecule has 0 fully saturated rings. The number of carbonyl (C=O) groups is 1. The topological polar surface area (TPSA) is 17.1 Å². The third-order valence-corrected chi connectivity index (χ3v) is 5.14. The van der Waals surface area contributed by atoms with E-state index in [-0.39, 0.29) is 0 Å². The summed E-state index contributed by atoms with van der Waals surface area (Å²) in [5.41, 5.74) is 2.90. The summed E-state index contributed by atoms with van der Waals surface area (Å²) >= 11 is 0. The average Bonchev–Trinajstić information content (AvgIpc) is 2.57. The molecule has 0 aromatic heterocycles. The van der Waals surface area contributed by atoms with Crippen LogP contribution in [0.3, 0.4) is 0 Å². The number of rotatable bonds is 14. The van der Waals surface area contributed by atoms with Crippen LogP contribution in [0.15, 0.2) is 24.3 Å².